The van der Waals surface area contributed by atoms with Gasteiger partial charge in [0.2, 0.25) is 15.9 Å². The van der Waals surface area contributed by atoms with Crippen LogP contribution in [-0.4, -0.2) is 51.9 Å². The molecule has 1 rings (SSSR count). The number of carbonyl (C=O) groups is 2. The third-order valence-electron chi connectivity index (χ3n) is 3.51. The van der Waals surface area contributed by atoms with E-state index in [0.29, 0.717) is 10.1 Å². The van der Waals surface area contributed by atoms with Crippen molar-refractivity contribution in [2.45, 2.75) is 25.7 Å². The zero-order chi connectivity index (χ0) is 20.8. The van der Waals surface area contributed by atoms with E-state index in [1.165, 1.54) is 25.3 Å². The van der Waals surface area contributed by atoms with Crippen LogP contribution in [0.3, 0.4) is 0 Å². The third kappa shape index (κ3) is 5.67. The highest BCUT2D eigenvalue weighted by molar-refractivity contribution is 7.89. The second-order valence-electron chi connectivity index (χ2n) is 6.57. The van der Waals surface area contributed by atoms with Crippen LogP contribution in [0.1, 0.15) is 20.8 Å². The van der Waals surface area contributed by atoms with E-state index < -0.39 is 40.4 Å². The molecule has 1 aromatic rings. The van der Waals surface area contributed by atoms with Gasteiger partial charge >= 0.3 is 5.97 Å². The van der Waals surface area contributed by atoms with Crippen LogP contribution in [0.5, 0.6) is 5.75 Å². The van der Waals surface area contributed by atoms with Gasteiger partial charge in [-0.25, -0.2) is 8.42 Å². The number of nitrogens with one attached hydrogen (secondary N) is 1. The number of rotatable bonds is 7. The van der Waals surface area contributed by atoms with E-state index in [2.05, 4.69) is 10.1 Å². The molecular formula is C17H23N3O6S. The minimum atomic E-state index is -4.28. The summed E-state index contributed by atoms with van der Waals surface area (Å²) in [5.74, 6) is -0.896. The lowest BCUT2D eigenvalue weighted by Crippen LogP contribution is -2.37. The summed E-state index contributed by atoms with van der Waals surface area (Å²) >= 11 is 0. The van der Waals surface area contributed by atoms with Crippen LogP contribution in [0.4, 0.5) is 5.69 Å². The van der Waals surface area contributed by atoms with E-state index in [0.717, 1.165) is 7.11 Å². The lowest BCUT2D eigenvalue weighted by Gasteiger charge is -2.23. The van der Waals surface area contributed by atoms with Crippen LogP contribution < -0.4 is 10.1 Å². The average molecular weight is 397 g/mol. The molecule has 1 aromatic carbocycles. The number of carbonyl (C=O) groups excluding carboxylic acids is 2. The highest BCUT2D eigenvalue weighted by Gasteiger charge is 2.31. The quantitative estimate of drug-likeness (QED) is 0.544. The second kappa shape index (κ2) is 8.83. The van der Waals surface area contributed by atoms with Gasteiger partial charge in [-0.05, 0) is 12.1 Å². The van der Waals surface area contributed by atoms with Crippen molar-refractivity contribution in [2.75, 3.05) is 32.6 Å². The van der Waals surface area contributed by atoms with Gasteiger partial charge in [0.1, 0.15) is 23.7 Å². The average Bonchev–Trinajstić information content (AvgIpc) is 2.59. The normalized spacial score (nSPS) is 11.6. The first-order valence-electron chi connectivity index (χ1n) is 7.90. The maximum absolute atomic E-state index is 13.0. The third-order valence-corrected chi connectivity index (χ3v) is 5.36. The molecule has 9 nitrogen and oxygen atoms in total. The van der Waals surface area contributed by atoms with Crippen molar-refractivity contribution in [1.82, 2.24) is 4.31 Å². The Kier molecular flexibility index (Phi) is 7.33. The largest absolute Gasteiger partial charge is 0.497 e. The highest BCUT2D eigenvalue weighted by Crippen LogP contribution is 2.30. The van der Waals surface area contributed by atoms with Gasteiger partial charge in [-0.2, -0.15) is 9.57 Å². The first-order chi connectivity index (χ1) is 12.5. The van der Waals surface area contributed by atoms with Crippen LogP contribution in [0.15, 0.2) is 23.1 Å². The van der Waals surface area contributed by atoms with Crippen LogP contribution in [0.2, 0.25) is 0 Å². The predicted molar refractivity (Wildman–Crippen MR) is 97.5 cm³/mol. The minimum Gasteiger partial charge on any atom is -0.497 e. The maximum atomic E-state index is 13.0. The van der Waals surface area contributed by atoms with Crippen molar-refractivity contribution >= 4 is 27.6 Å². The first kappa shape index (κ1) is 22.4. The lowest BCUT2D eigenvalue weighted by molar-refractivity contribution is -0.140. The molecule has 27 heavy (non-hydrogen) atoms. The van der Waals surface area contributed by atoms with Gasteiger partial charge < -0.3 is 14.8 Å². The van der Waals surface area contributed by atoms with Crippen LogP contribution in [0.25, 0.3) is 0 Å². The standard InChI is InChI=1S/C17H23N3O6S/c1-17(2,3)16(22)19-13-10-12(25-4)6-7-14(13)27(23,24)20(9-8-18)11-15(21)26-5/h6-7,10H,9,11H2,1-5H3,(H,19,22). The van der Waals surface area contributed by atoms with Gasteiger partial charge in [0.05, 0.1) is 26.0 Å². The summed E-state index contributed by atoms with van der Waals surface area (Å²) in [6.45, 7) is 3.84. The Morgan fingerprint density at radius 1 is 1.26 bits per heavy atom. The smallest absolute Gasteiger partial charge is 0.321 e. The molecular weight excluding hydrogens is 374 g/mol. The molecule has 0 saturated heterocycles. The van der Waals surface area contributed by atoms with Crippen LogP contribution in [-0.2, 0) is 24.3 Å². The van der Waals surface area contributed by atoms with E-state index in [1.807, 2.05) is 0 Å². The maximum Gasteiger partial charge on any atom is 0.321 e. The van der Waals surface area contributed by atoms with Crippen molar-refractivity contribution in [3.05, 3.63) is 18.2 Å². The first-order valence-corrected chi connectivity index (χ1v) is 9.34. The molecule has 0 radical (unpaired) electrons. The number of hydrogen-bond donors (Lipinski definition) is 1. The summed E-state index contributed by atoms with van der Waals surface area (Å²) in [6.07, 6.45) is 0. The minimum absolute atomic E-state index is 0.0120. The Morgan fingerprint density at radius 3 is 2.37 bits per heavy atom. The number of esters is 1. The van der Waals surface area contributed by atoms with Crippen LogP contribution in [0, 0.1) is 16.7 Å². The Bertz CT molecular complexity index is 852. The fourth-order valence-corrected chi connectivity index (χ4v) is 3.33. The van der Waals surface area contributed by atoms with Gasteiger partial charge in [-0.15, -0.1) is 0 Å². The van der Waals surface area contributed by atoms with Gasteiger partial charge in [0.15, 0.2) is 0 Å². The number of nitrogens with zero attached hydrogens (tertiary/aromatic N) is 2. The SMILES string of the molecule is COC(=O)CN(CC#N)S(=O)(=O)c1ccc(OC)cc1NC(=O)C(C)(C)C. The number of nitriles is 1. The van der Waals surface area contributed by atoms with E-state index in [-0.39, 0.29) is 10.6 Å². The number of ether oxygens (including phenoxy) is 2. The summed E-state index contributed by atoms with van der Waals surface area (Å²) in [4.78, 5) is 23.6. The number of amides is 1. The van der Waals surface area contributed by atoms with E-state index >= 15 is 0 Å². The molecule has 10 heteroatoms. The molecule has 0 unspecified atom stereocenters. The van der Waals surface area contributed by atoms with Crippen molar-refractivity contribution in [1.29, 1.82) is 5.26 Å². The molecule has 1 N–H and O–H groups in total. The van der Waals surface area contributed by atoms with Crippen molar-refractivity contribution in [3.8, 4) is 11.8 Å². The summed E-state index contributed by atoms with van der Waals surface area (Å²) in [7, 11) is -1.76. The van der Waals surface area contributed by atoms with E-state index in [4.69, 9.17) is 10.00 Å². The lowest BCUT2D eigenvalue weighted by atomic mass is 9.95. The monoisotopic (exact) mass is 397 g/mol. The zero-order valence-electron chi connectivity index (χ0n) is 15.9. The van der Waals surface area contributed by atoms with E-state index in [9.17, 15) is 18.0 Å². The molecule has 0 aliphatic carbocycles. The topological polar surface area (TPSA) is 126 Å². The van der Waals surface area contributed by atoms with Gasteiger partial charge in [0, 0.05) is 11.5 Å². The molecule has 0 spiro atoms. The summed E-state index contributed by atoms with van der Waals surface area (Å²) in [5.41, 5.74) is -0.787. The Morgan fingerprint density at radius 2 is 1.89 bits per heavy atom. The zero-order valence-corrected chi connectivity index (χ0v) is 16.7. The molecule has 0 fully saturated rings. The molecule has 0 aromatic heterocycles. The van der Waals surface area contributed by atoms with Crippen molar-refractivity contribution in [3.63, 3.8) is 0 Å². The molecule has 0 saturated carbocycles. The number of anilines is 1. The Hall–Kier alpha value is -2.64. The highest BCUT2D eigenvalue weighted by atomic mass is 32.2. The number of hydrogen-bond acceptors (Lipinski definition) is 7. The number of sulfonamides is 1. The molecule has 0 atom stereocenters. The Balaban J connectivity index is 3.46. The molecule has 0 aliphatic rings. The second-order valence-corrected chi connectivity index (χ2v) is 8.48. The molecule has 0 bridgehead atoms. The van der Waals surface area contributed by atoms with E-state index in [1.54, 1.807) is 26.8 Å². The predicted octanol–water partition coefficient (Wildman–Crippen LogP) is 1.37. The Labute approximate surface area is 158 Å². The van der Waals surface area contributed by atoms with Gasteiger partial charge in [0.25, 0.3) is 0 Å². The van der Waals surface area contributed by atoms with Crippen molar-refractivity contribution in [2.24, 2.45) is 5.41 Å². The summed E-state index contributed by atoms with van der Waals surface area (Å²) in [6, 6.07) is 5.72. The molecule has 0 aliphatic heterocycles. The summed E-state index contributed by atoms with van der Waals surface area (Å²) in [5, 5.41) is 11.5. The van der Waals surface area contributed by atoms with Gasteiger partial charge in [-0.1, -0.05) is 20.8 Å². The molecule has 0 heterocycles. The summed E-state index contributed by atoms with van der Waals surface area (Å²) < 4.78 is 36.3. The molecule has 1 amide bonds. The number of methoxy groups -OCH3 is 2. The fourth-order valence-electron chi connectivity index (χ4n) is 1.92. The van der Waals surface area contributed by atoms with Gasteiger partial charge in [-0.3, -0.25) is 9.59 Å². The van der Waals surface area contributed by atoms with Crippen molar-refractivity contribution < 1.29 is 27.5 Å². The van der Waals surface area contributed by atoms with Crippen LogP contribution >= 0.6 is 0 Å². The molecule has 148 valence electrons. The fraction of sp³-hybridized carbons (Fsp3) is 0.471. The number of benzene rings is 1.